The van der Waals surface area contributed by atoms with Crippen molar-refractivity contribution in [2.45, 2.75) is 40.2 Å². The van der Waals surface area contributed by atoms with Gasteiger partial charge in [-0.3, -0.25) is 4.79 Å². The summed E-state index contributed by atoms with van der Waals surface area (Å²) in [5.74, 6) is -0.157. The fourth-order valence-corrected chi connectivity index (χ4v) is 3.57. The second-order valence-electron chi connectivity index (χ2n) is 6.59. The minimum absolute atomic E-state index is 0.116. The van der Waals surface area contributed by atoms with E-state index in [0.717, 1.165) is 16.8 Å². The molecule has 4 nitrogen and oxygen atoms in total. The van der Waals surface area contributed by atoms with Crippen LogP contribution in [0.15, 0.2) is 30.3 Å². The number of benzene rings is 2. The number of nitrogens with one attached hydrogen (secondary N) is 1. The van der Waals surface area contributed by atoms with Crippen molar-refractivity contribution >= 4 is 33.4 Å². The van der Waals surface area contributed by atoms with Gasteiger partial charge in [-0.15, -0.1) is 0 Å². The first-order chi connectivity index (χ1) is 11.5. The maximum Gasteiger partial charge on any atom is 0.226 e. The molecule has 3 rings (SSSR count). The van der Waals surface area contributed by atoms with Gasteiger partial charge < -0.3 is 15.0 Å². The van der Waals surface area contributed by atoms with Crippen LogP contribution >= 0.6 is 0 Å². The van der Waals surface area contributed by atoms with E-state index in [-0.39, 0.29) is 18.9 Å². The summed E-state index contributed by atoms with van der Waals surface area (Å²) in [6, 6.07) is 10.9. The molecule has 0 saturated carbocycles. The number of hydrogen-bond donors (Lipinski definition) is 2. The molecule has 0 aliphatic rings. The fraction of sp³-hybridized carbons (Fsp3) is 0.350. The van der Waals surface area contributed by atoms with Gasteiger partial charge in [-0.2, -0.15) is 0 Å². The van der Waals surface area contributed by atoms with Crippen molar-refractivity contribution in [1.82, 2.24) is 4.57 Å². The average molecular weight is 324 g/mol. The van der Waals surface area contributed by atoms with Crippen molar-refractivity contribution in [3.63, 3.8) is 0 Å². The molecule has 0 bridgehead atoms. The zero-order valence-electron chi connectivity index (χ0n) is 14.7. The van der Waals surface area contributed by atoms with E-state index in [1.54, 1.807) is 0 Å². The van der Waals surface area contributed by atoms with Crippen molar-refractivity contribution in [3.05, 3.63) is 41.5 Å². The van der Waals surface area contributed by atoms with Gasteiger partial charge in [-0.25, -0.2) is 0 Å². The molecule has 126 valence electrons. The number of aryl methyl sites for hydroxylation is 2. The Morgan fingerprint density at radius 3 is 2.58 bits per heavy atom. The van der Waals surface area contributed by atoms with Crippen LogP contribution < -0.4 is 5.32 Å². The second kappa shape index (κ2) is 6.29. The number of aliphatic hydroxyl groups is 1. The maximum absolute atomic E-state index is 12.0. The number of anilines is 1. The van der Waals surface area contributed by atoms with Gasteiger partial charge in [-0.05, 0) is 51.0 Å². The van der Waals surface area contributed by atoms with Crippen molar-refractivity contribution in [2.24, 2.45) is 0 Å². The van der Waals surface area contributed by atoms with E-state index in [0.29, 0.717) is 6.04 Å². The Kier molecular flexibility index (Phi) is 4.33. The summed E-state index contributed by atoms with van der Waals surface area (Å²) in [5.41, 5.74) is 5.38. The third-order valence-electron chi connectivity index (χ3n) is 4.57. The van der Waals surface area contributed by atoms with Crippen molar-refractivity contribution < 1.29 is 9.90 Å². The van der Waals surface area contributed by atoms with E-state index in [1.807, 2.05) is 6.92 Å². The lowest BCUT2D eigenvalue weighted by molar-refractivity contribution is -0.116. The largest absolute Gasteiger partial charge is 0.396 e. The van der Waals surface area contributed by atoms with Crippen LogP contribution in [0, 0.1) is 13.8 Å². The monoisotopic (exact) mass is 324 g/mol. The molecule has 0 aliphatic heterocycles. The number of fused-ring (bicyclic) bond motifs is 3. The summed E-state index contributed by atoms with van der Waals surface area (Å²) in [6.07, 6.45) is 0.116. The Morgan fingerprint density at radius 1 is 1.21 bits per heavy atom. The third kappa shape index (κ3) is 2.57. The van der Waals surface area contributed by atoms with Crippen LogP contribution in [0.4, 0.5) is 5.69 Å². The van der Waals surface area contributed by atoms with E-state index in [4.69, 9.17) is 5.11 Å². The molecule has 4 heteroatoms. The van der Waals surface area contributed by atoms with E-state index in [2.05, 4.69) is 61.0 Å². The highest BCUT2D eigenvalue weighted by Gasteiger charge is 2.18. The van der Waals surface area contributed by atoms with Gasteiger partial charge >= 0.3 is 0 Å². The lowest BCUT2D eigenvalue weighted by Gasteiger charge is -2.15. The van der Waals surface area contributed by atoms with Crippen LogP contribution in [0.25, 0.3) is 21.8 Å². The summed E-state index contributed by atoms with van der Waals surface area (Å²) in [6.45, 7) is 8.31. The summed E-state index contributed by atoms with van der Waals surface area (Å²) < 4.78 is 2.35. The summed E-state index contributed by atoms with van der Waals surface area (Å²) in [7, 11) is 0. The minimum atomic E-state index is -0.157. The van der Waals surface area contributed by atoms with E-state index < -0.39 is 0 Å². The number of hydrogen-bond acceptors (Lipinski definition) is 2. The highest BCUT2D eigenvalue weighted by atomic mass is 16.3. The lowest BCUT2D eigenvalue weighted by Crippen LogP contribution is -2.14. The van der Waals surface area contributed by atoms with Gasteiger partial charge in [0.15, 0.2) is 0 Å². The first kappa shape index (κ1) is 16.5. The zero-order valence-corrected chi connectivity index (χ0v) is 14.7. The summed E-state index contributed by atoms with van der Waals surface area (Å²) in [4.78, 5) is 12.0. The van der Waals surface area contributed by atoms with Gasteiger partial charge in [0, 0.05) is 28.0 Å². The highest BCUT2D eigenvalue weighted by Crippen LogP contribution is 2.38. The van der Waals surface area contributed by atoms with Gasteiger partial charge in [0.2, 0.25) is 5.91 Å². The molecule has 0 spiro atoms. The number of aromatic nitrogens is 1. The van der Waals surface area contributed by atoms with Crippen molar-refractivity contribution in [1.29, 1.82) is 0 Å². The Labute approximate surface area is 142 Å². The topological polar surface area (TPSA) is 54.3 Å². The highest BCUT2D eigenvalue weighted by molar-refractivity contribution is 6.12. The Bertz CT molecular complexity index is 922. The predicted octanol–water partition coefficient (Wildman–Crippen LogP) is 4.31. The first-order valence-electron chi connectivity index (χ1n) is 8.39. The lowest BCUT2D eigenvalue weighted by atomic mass is 10.0. The first-order valence-corrected chi connectivity index (χ1v) is 8.39. The number of rotatable bonds is 4. The molecule has 24 heavy (non-hydrogen) atoms. The molecule has 1 amide bonds. The summed E-state index contributed by atoms with van der Waals surface area (Å²) >= 11 is 0. The standard InChI is InChI=1S/C20H24N2O2/c1-12(2)22-16-8-6-5-7-15(16)19-14(4)20(13(3)11-17(19)22)21-18(24)9-10-23/h5-8,11-12,23H,9-10H2,1-4H3,(H,21,24). The number of carbonyl (C=O) groups is 1. The quantitative estimate of drug-likeness (QED) is 0.751. The Morgan fingerprint density at radius 2 is 1.92 bits per heavy atom. The minimum Gasteiger partial charge on any atom is -0.396 e. The van der Waals surface area contributed by atoms with Crippen molar-refractivity contribution in [3.8, 4) is 0 Å². The molecule has 0 atom stereocenters. The maximum atomic E-state index is 12.0. The average Bonchev–Trinajstić information content (AvgIpc) is 2.85. The van der Waals surface area contributed by atoms with Gasteiger partial charge in [-0.1, -0.05) is 18.2 Å². The number of para-hydroxylation sites is 1. The van der Waals surface area contributed by atoms with Crippen LogP contribution in [0.2, 0.25) is 0 Å². The second-order valence-corrected chi connectivity index (χ2v) is 6.59. The molecule has 2 N–H and O–H groups in total. The number of aliphatic hydroxyl groups excluding tert-OH is 1. The fourth-order valence-electron chi connectivity index (χ4n) is 3.57. The Balaban J connectivity index is 2.32. The van der Waals surface area contributed by atoms with E-state index >= 15 is 0 Å². The molecule has 1 aromatic heterocycles. The third-order valence-corrected chi connectivity index (χ3v) is 4.57. The number of carbonyl (C=O) groups excluding carboxylic acids is 1. The molecule has 2 aromatic carbocycles. The Hall–Kier alpha value is -2.33. The van der Waals surface area contributed by atoms with Gasteiger partial charge in [0.05, 0.1) is 18.5 Å². The molecule has 0 aliphatic carbocycles. The smallest absolute Gasteiger partial charge is 0.226 e. The number of amides is 1. The van der Waals surface area contributed by atoms with E-state index in [9.17, 15) is 4.79 Å². The normalized spacial score (nSPS) is 11.6. The molecule has 0 unspecified atom stereocenters. The molecular weight excluding hydrogens is 300 g/mol. The molecule has 0 fully saturated rings. The van der Waals surface area contributed by atoms with Crippen LogP contribution in [-0.2, 0) is 4.79 Å². The number of nitrogens with zero attached hydrogens (tertiary/aromatic N) is 1. The van der Waals surface area contributed by atoms with Crippen LogP contribution in [0.5, 0.6) is 0 Å². The predicted molar refractivity (Wildman–Crippen MR) is 99.6 cm³/mol. The molecule has 0 saturated heterocycles. The van der Waals surface area contributed by atoms with Crippen LogP contribution in [0.1, 0.15) is 37.4 Å². The molecule has 3 aromatic rings. The van der Waals surface area contributed by atoms with Gasteiger partial charge in [0.1, 0.15) is 0 Å². The molecular formula is C20H24N2O2. The van der Waals surface area contributed by atoms with E-state index in [1.165, 1.54) is 21.8 Å². The molecule has 0 radical (unpaired) electrons. The summed E-state index contributed by atoms with van der Waals surface area (Å²) in [5, 5.41) is 14.3. The van der Waals surface area contributed by atoms with Crippen LogP contribution in [0.3, 0.4) is 0 Å². The van der Waals surface area contributed by atoms with Gasteiger partial charge in [0.25, 0.3) is 0 Å². The zero-order chi connectivity index (χ0) is 17.4. The SMILES string of the molecule is Cc1cc2c(c(C)c1NC(=O)CCO)c1ccccc1n2C(C)C. The van der Waals surface area contributed by atoms with Crippen LogP contribution in [-0.4, -0.2) is 22.2 Å². The van der Waals surface area contributed by atoms with Crippen molar-refractivity contribution in [2.75, 3.05) is 11.9 Å². The molecule has 1 heterocycles.